The van der Waals surface area contributed by atoms with Gasteiger partial charge in [-0.1, -0.05) is 18.2 Å². The summed E-state index contributed by atoms with van der Waals surface area (Å²) in [5.41, 5.74) is 1.06. The third-order valence-corrected chi connectivity index (χ3v) is 3.91. The number of halogens is 2. The van der Waals surface area contributed by atoms with Gasteiger partial charge in [-0.05, 0) is 68.9 Å². The molecule has 0 aliphatic carbocycles. The minimum Gasteiger partial charge on any atom is -0.452 e. The molecule has 2 aromatic rings. The van der Waals surface area contributed by atoms with Gasteiger partial charge in [-0.2, -0.15) is 0 Å². The maximum Gasteiger partial charge on any atom is 0.338 e. The summed E-state index contributed by atoms with van der Waals surface area (Å²) in [6.07, 6.45) is 0. The summed E-state index contributed by atoms with van der Waals surface area (Å²) in [5.74, 6) is -0.906. The highest BCUT2D eigenvalue weighted by Gasteiger charge is 2.11. The molecule has 1 N–H and O–H groups in total. The number of anilines is 1. The number of carbonyl (C=O) groups excluding carboxylic acids is 2. The van der Waals surface area contributed by atoms with Gasteiger partial charge < -0.3 is 10.1 Å². The van der Waals surface area contributed by atoms with Crippen molar-refractivity contribution in [3.05, 3.63) is 62.1 Å². The lowest BCUT2D eigenvalue weighted by molar-refractivity contribution is -0.119. The summed E-state index contributed by atoms with van der Waals surface area (Å²) in [7, 11) is 0. The van der Waals surface area contributed by atoms with Gasteiger partial charge in [0.2, 0.25) is 0 Å². The molecule has 0 aliphatic rings. The first-order valence-electron chi connectivity index (χ1n) is 6.03. The molecule has 1 amide bonds. The monoisotopic (exact) mass is 459 g/mol. The van der Waals surface area contributed by atoms with E-state index in [4.69, 9.17) is 4.74 Å². The second kappa shape index (κ2) is 7.56. The molecule has 0 unspecified atom stereocenters. The van der Waals surface area contributed by atoms with Gasteiger partial charge in [-0.15, -0.1) is 0 Å². The lowest BCUT2D eigenvalue weighted by Crippen LogP contribution is -2.21. The van der Waals surface area contributed by atoms with Crippen molar-refractivity contribution in [1.82, 2.24) is 0 Å². The second-order valence-corrected chi connectivity index (χ2v) is 6.21. The Bertz CT molecular complexity index is 675. The molecule has 0 bridgehead atoms. The third-order valence-electron chi connectivity index (χ3n) is 2.54. The number of rotatable bonds is 4. The molecule has 108 valence electrons. The zero-order valence-corrected chi connectivity index (χ0v) is 14.6. The van der Waals surface area contributed by atoms with E-state index in [1.54, 1.807) is 30.3 Å². The molecule has 6 heteroatoms. The fourth-order valence-corrected chi connectivity index (χ4v) is 2.51. The summed E-state index contributed by atoms with van der Waals surface area (Å²) in [6.45, 7) is -0.328. The Labute approximate surface area is 144 Å². The Morgan fingerprint density at radius 2 is 1.90 bits per heavy atom. The van der Waals surface area contributed by atoms with Gasteiger partial charge in [0.15, 0.2) is 6.61 Å². The van der Waals surface area contributed by atoms with E-state index in [1.165, 1.54) is 0 Å². The predicted molar refractivity (Wildman–Crippen MR) is 92.2 cm³/mol. The highest BCUT2D eigenvalue weighted by Crippen LogP contribution is 2.20. The van der Waals surface area contributed by atoms with Gasteiger partial charge in [0, 0.05) is 8.04 Å². The summed E-state index contributed by atoms with van der Waals surface area (Å²) in [5, 5.41) is 2.66. The van der Waals surface area contributed by atoms with Gasteiger partial charge >= 0.3 is 5.97 Å². The van der Waals surface area contributed by atoms with Crippen LogP contribution in [0.1, 0.15) is 10.4 Å². The Hall–Kier alpha value is -1.41. The van der Waals surface area contributed by atoms with E-state index in [-0.39, 0.29) is 12.5 Å². The van der Waals surface area contributed by atoms with Crippen LogP contribution in [-0.4, -0.2) is 18.5 Å². The lowest BCUT2D eigenvalue weighted by Gasteiger charge is -2.08. The van der Waals surface area contributed by atoms with Gasteiger partial charge in [-0.3, -0.25) is 4.79 Å². The van der Waals surface area contributed by atoms with Crippen molar-refractivity contribution >= 4 is 56.1 Å². The van der Waals surface area contributed by atoms with Crippen LogP contribution in [-0.2, 0) is 9.53 Å². The van der Waals surface area contributed by atoms with Crippen molar-refractivity contribution in [2.75, 3.05) is 11.9 Å². The zero-order chi connectivity index (χ0) is 15.2. The molecular formula is C15H11BrINO3. The SMILES string of the molecule is O=C(COC(=O)c1cccc(I)c1)Nc1ccccc1Br. The van der Waals surface area contributed by atoms with Crippen molar-refractivity contribution < 1.29 is 14.3 Å². The molecular weight excluding hydrogens is 449 g/mol. The number of benzene rings is 2. The average Bonchev–Trinajstić information content (AvgIpc) is 2.47. The highest BCUT2D eigenvalue weighted by atomic mass is 127. The van der Waals surface area contributed by atoms with E-state index in [2.05, 4.69) is 43.8 Å². The standard InChI is InChI=1S/C15H11BrINO3/c16-12-6-1-2-7-13(12)18-14(19)9-21-15(20)10-4-3-5-11(17)8-10/h1-8H,9H2,(H,18,19). The first-order valence-corrected chi connectivity index (χ1v) is 7.90. The van der Waals surface area contributed by atoms with Crippen LogP contribution >= 0.6 is 38.5 Å². The van der Waals surface area contributed by atoms with Crippen LogP contribution in [0.15, 0.2) is 53.0 Å². The second-order valence-electron chi connectivity index (χ2n) is 4.11. The molecule has 0 fully saturated rings. The van der Waals surface area contributed by atoms with Crippen LogP contribution in [0.5, 0.6) is 0 Å². The number of ether oxygens (including phenoxy) is 1. The smallest absolute Gasteiger partial charge is 0.338 e. The maximum atomic E-state index is 11.8. The minimum absolute atomic E-state index is 0.328. The fraction of sp³-hybridized carbons (Fsp3) is 0.0667. The summed E-state index contributed by atoms with van der Waals surface area (Å²) >= 11 is 5.43. The quantitative estimate of drug-likeness (QED) is 0.558. The maximum absolute atomic E-state index is 11.8. The molecule has 0 heterocycles. The van der Waals surface area contributed by atoms with Crippen LogP contribution in [0.3, 0.4) is 0 Å². The topological polar surface area (TPSA) is 55.4 Å². The van der Waals surface area contributed by atoms with Crippen LogP contribution in [0, 0.1) is 3.57 Å². The Kier molecular flexibility index (Phi) is 5.75. The van der Waals surface area contributed by atoms with E-state index < -0.39 is 5.97 Å². The van der Waals surface area contributed by atoms with E-state index in [0.717, 1.165) is 8.04 Å². The molecule has 0 saturated heterocycles. The summed E-state index contributed by atoms with van der Waals surface area (Å²) < 4.78 is 6.68. The van der Waals surface area contributed by atoms with E-state index in [0.29, 0.717) is 11.3 Å². The van der Waals surface area contributed by atoms with Crippen LogP contribution in [0.25, 0.3) is 0 Å². The number of carbonyl (C=O) groups is 2. The van der Waals surface area contributed by atoms with Crippen molar-refractivity contribution in [3.8, 4) is 0 Å². The molecule has 2 aromatic carbocycles. The van der Waals surface area contributed by atoms with E-state index >= 15 is 0 Å². The van der Waals surface area contributed by atoms with Gasteiger partial charge in [-0.25, -0.2) is 4.79 Å². The first-order chi connectivity index (χ1) is 10.1. The van der Waals surface area contributed by atoms with Gasteiger partial charge in [0.1, 0.15) is 0 Å². The Balaban J connectivity index is 1.90. The van der Waals surface area contributed by atoms with Crippen LogP contribution in [0.2, 0.25) is 0 Å². The minimum atomic E-state index is -0.518. The van der Waals surface area contributed by atoms with Crippen molar-refractivity contribution in [1.29, 1.82) is 0 Å². The fourth-order valence-electron chi connectivity index (χ4n) is 1.58. The predicted octanol–water partition coefficient (Wildman–Crippen LogP) is 3.85. The molecule has 0 aromatic heterocycles. The molecule has 0 radical (unpaired) electrons. The Morgan fingerprint density at radius 3 is 2.62 bits per heavy atom. The van der Waals surface area contributed by atoms with Crippen LogP contribution < -0.4 is 5.32 Å². The molecule has 0 spiro atoms. The molecule has 0 aliphatic heterocycles. The molecule has 0 atom stereocenters. The summed E-state index contributed by atoms with van der Waals surface area (Å²) in [4.78, 5) is 23.6. The third kappa shape index (κ3) is 4.82. The number of hydrogen-bond acceptors (Lipinski definition) is 3. The number of esters is 1. The van der Waals surface area contributed by atoms with Gasteiger partial charge in [0.25, 0.3) is 5.91 Å². The van der Waals surface area contributed by atoms with Crippen molar-refractivity contribution in [2.45, 2.75) is 0 Å². The van der Waals surface area contributed by atoms with Gasteiger partial charge in [0.05, 0.1) is 11.3 Å². The Morgan fingerprint density at radius 1 is 1.14 bits per heavy atom. The largest absolute Gasteiger partial charge is 0.452 e. The van der Waals surface area contributed by atoms with Crippen molar-refractivity contribution in [2.24, 2.45) is 0 Å². The highest BCUT2D eigenvalue weighted by molar-refractivity contribution is 14.1. The average molecular weight is 460 g/mol. The number of hydrogen-bond donors (Lipinski definition) is 1. The normalized spacial score (nSPS) is 10.0. The molecule has 0 saturated carbocycles. The zero-order valence-electron chi connectivity index (χ0n) is 10.8. The van der Waals surface area contributed by atoms with E-state index in [1.807, 2.05) is 18.2 Å². The molecule has 21 heavy (non-hydrogen) atoms. The number of amides is 1. The van der Waals surface area contributed by atoms with E-state index in [9.17, 15) is 9.59 Å². The number of para-hydroxylation sites is 1. The first kappa shape index (κ1) is 16.0. The molecule has 4 nitrogen and oxygen atoms in total. The summed E-state index contributed by atoms with van der Waals surface area (Å²) in [6, 6.07) is 14.2. The molecule has 2 rings (SSSR count). The number of nitrogens with one attached hydrogen (secondary N) is 1. The lowest BCUT2D eigenvalue weighted by atomic mass is 10.2. The van der Waals surface area contributed by atoms with Crippen molar-refractivity contribution in [3.63, 3.8) is 0 Å². The van der Waals surface area contributed by atoms with Crippen LogP contribution in [0.4, 0.5) is 5.69 Å².